The molecule has 1 aromatic rings. The molecule has 0 aliphatic rings. The molecule has 0 bridgehead atoms. The van der Waals surface area contributed by atoms with E-state index in [9.17, 15) is 4.79 Å². The summed E-state index contributed by atoms with van der Waals surface area (Å²) in [5, 5.41) is 2.89. The quantitative estimate of drug-likeness (QED) is 0.734. The molecule has 0 aliphatic carbocycles. The fourth-order valence-electron chi connectivity index (χ4n) is 1.65. The second-order valence-corrected chi connectivity index (χ2v) is 4.80. The maximum Gasteiger partial charge on any atom is 0.220 e. The number of nitrogens with one attached hydrogen (secondary N) is 1. The van der Waals surface area contributed by atoms with Gasteiger partial charge in [0.25, 0.3) is 0 Å². The molecule has 1 atom stereocenters. The lowest BCUT2D eigenvalue weighted by Crippen LogP contribution is -2.30. The minimum absolute atomic E-state index is 0. The highest BCUT2D eigenvalue weighted by atomic mass is 35.5. The number of hydrogen-bond donors (Lipinski definition) is 2. The van der Waals surface area contributed by atoms with Crippen LogP contribution in [0.2, 0.25) is 0 Å². The second kappa shape index (κ2) is 11.7. The normalized spacial score (nSPS) is 11.5. The molecule has 1 rings (SSSR count). The third-order valence-electron chi connectivity index (χ3n) is 2.77. The van der Waals surface area contributed by atoms with Crippen LogP contribution in [0.5, 0.6) is 0 Å². The van der Waals surface area contributed by atoms with Gasteiger partial charge in [-0.15, -0.1) is 12.4 Å². The van der Waals surface area contributed by atoms with E-state index in [1.165, 1.54) is 5.56 Å². The molecule has 1 amide bonds. The first kappa shape index (κ1) is 18.9. The molecule has 4 nitrogen and oxygen atoms in total. The number of carbonyl (C=O) groups excluding carboxylic acids is 1. The third-order valence-corrected chi connectivity index (χ3v) is 2.77. The van der Waals surface area contributed by atoms with Crippen molar-refractivity contribution in [2.24, 2.45) is 11.7 Å². The fraction of sp³-hybridized carbons (Fsp3) is 0.533. The molecule has 20 heavy (non-hydrogen) atoms. The number of rotatable bonds is 9. The largest absolute Gasteiger partial charge is 0.376 e. The lowest BCUT2D eigenvalue weighted by atomic mass is 10.2. The van der Waals surface area contributed by atoms with E-state index < -0.39 is 0 Å². The number of carbonyl (C=O) groups is 1. The maximum atomic E-state index is 11.4. The molecule has 0 radical (unpaired) electrons. The van der Waals surface area contributed by atoms with Crippen LogP contribution < -0.4 is 11.1 Å². The van der Waals surface area contributed by atoms with Crippen LogP contribution in [0.25, 0.3) is 0 Å². The zero-order valence-electron chi connectivity index (χ0n) is 12.0. The number of halogens is 1. The van der Waals surface area contributed by atoms with Crippen molar-refractivity contribution in [3.05, 3.63) is 35.9 Å². The molecule has 0 spiro atoms. The van der Waals surface area contributed by atoms with Gasteiger partial charge in [-0.25, -0.2) is 0 Å². The summed E-state index contributed by atoms with van der Waals surface area (Å²) < 4.78 is 5.62. The smallest absolute Gasteiger partial charge is 0.220 e. The van der Waals surface area contributed by atoms with Crippen molar-refractivity contribution in [1.82, 2.24) is 5.32 Å². The van der Waals surface area contributed by atoms with Crippen LogP contribution in [0.3, 0.4) is 0 Å². The number of amides is 1. The molecule has 114 valence electrons. The molecule has 0 aliphatic heterocycles. The lowest BCUT2D eigenvalue weighted by Gasteiger charge is -2.13. The highest BCUT2D eigenvalue weighted by Crippen LogP contribution is 2.02. The van der Waals surface area contributed by atoms with Gasteiger partial charge in [0, 0.05) is 13.0 Å². The number of hydrogen-bond acceptors (Lipinski definition) is 3. The van der Waals surface area contributed by atoms with Crippen molar-refractivity contribution < 1.29 is 9.53 Å². The summed E-state index contributed by atoms with van der Waals surface area (Å²) in [6, 6.07) is 10.1. The zero-order chi connectivity index (χ0) is 13.9. The average Bonchev–Trinajstić information content (AvgIpc) is 2.44. The highest BCUT2D eigenvalue weighted by Gasteiger charge is 2.05. The number of ether oxygens (including phenoxy) is 1. The minimum Gasteiger partial charge on any atom is -0.376 e. The van der Waals surface area contributed by atoms with Gasteiger partial charge >= 0.3 is 0 Å². The molecular formula is C15H25ClN2O2. The summed E-state index contributed by atoms with van der Waals surface area (Å²) in [6.07, 6.45) is 1.25. The topological polar surface area (TPSA) is 64.4 Å². The van der Waals surface area contributed by atoms with Crippen LogP contribution in [-0.4, -0.2) is 25.6 Å². The van der Waals surface area contributed by atoms with Crippen LogP contribution >= 0.6 is 12.4 Å². The first-order chi connectivity index (χ1) is 9.22. The van der Waals surface area contributed by atoms with E-state index in [2.05, 4.69) is 12.2 Å². The Bertz CT molecular complexity index is 360. The Balaban J connectivity index is 0.00000361. The summed E-state index contributed by atoms with van der Waals surface area (Å²) in [5.74, 6) is 0.380. The summed E-state index contributed by atoms with van der Waals surface area (Å²) in [4.78, 5) is 11.4. The van der Waals surface area contributed by atoms with E-state index in [-0.39, 0.29) is 18.3 Å². The van der Waals surface area contributed by atoms with Crippen molar-refractivity contribution in [3.8, 4) is 0 Å². The monoisotopic (exact) mass is 300 g/mol. The van der Waals surface area contributed by atoms with Crippen LogP contribution in [0, 0.1) is 5.92 Å². The van der Waals surface area contributed by atoms with Crippen LogP contribution in [-0.2, 0) is 16.1 Å². The summed E-state index contributed by atoms with van der Waals surface area (Å²) in [5.41, 5.74) is 6.52. The predicted octanol–water partition coefficient (Wildman–Crippen LogP) is 2.12. The molecule has 3 N–H and O–H groups in total. The predicted molar refractivity (Wildman–Crippen MR) is 83.8 cm³/mol. The average molecular weight is 301 g/mol. The molecule has 0 saturated carbocycles. The van der Waals surface area contributed by atoms with Gasteiger partial charge in [0.1, 0.15) is 0 Å². The third kappa shape index (κ3) is 8.91. The molecular weight excluding hydrogens is 276 g/mol. The lowest BCUT2D eigenvalue weighted by molar-refractivity contribution is -0.121. The molecule has 0 aromatic heterocycles. The Morgan fingerprint density at radius 3 is 2.70 bits per heavy atom. The van der Waals surface area contributed by atoms with E-state index in [0.717, 1.165) is 6.42 Å². The molecule has 0 heterocycles. The van der Waals surface area contributed by atoms with E-state index in [0.29, 0.717) is 38.6 Å². The van der Waals surface area contributed by atoms with Gasteiger partial charge in [0.15, 0.2) is 0 Å². The fourth-order valence-corrected chi connectivity index (χ4v) is 1.65. The minimum atomic E-state index is 0. The first-order valence-electron chi connectivity index (χ1n) is 6.80. The summed E-state index contributed by atoms with van der Waals surface area (Å²) >= 11 is 0. The van der Waals surface area contributed by atoms with Gasteiger partial charge in [0.2, 0.25) is 5.91 Å². The molecule has 0 fully saturated rings. The van der Waals surface area contributed by atoms with E-state index in [4.69, 9.17) is 10.5 Å². The zero-order valence-corrected chi connectivity index (χ0v) is 12.8. The maximum absolute atomic E-state index is 11.4. The van der Waals surface area contributed by atoms with E-state index in [1.807, 2.05) is 30.3 Å². The van der Waals surface area contributed by atoms with Gasteiger partial charge < -0.3 is 15.8 Å². The van der Waals surface area contributed by atoms with Crippen molar-refractivity contribution in [3.63, 3.8) is 0 Å². The van der Waals surface area contributed by atoms with Crippen LogP contribution in [0.15, 0.2) is 30.3 Å². The first-order valence-corrected chi connectivity index (χ1v) is 6.80. The number of benzene rings is 1. The van der Waals surface area contributed by atoms with Crippen LogP contribution in [0.1, 0.15) is 25.3 Å². The van der Waals surface area contributed by atoms with Gasteiger partial charge in [-0.3, -0.25) is 4.79 Å². The highest BCUT2D eigenvalue weighted by molar-refractivity contribution is 5.85. The van der Waals surface area contributed by atoms with Gasteiger partial charge in [0.05, 0.1) is 13.2 Å². The van der Waals surface area contributed by atoms with Gasteiger partial charge in [-0.1, -0.05) is 37.3 Å². The van der Waals surface area contributed by atoms with Crippen LogP contribution in [0.4, 0.5) is 0 Å². The van der Waals surface area contributed by atoms with E-state index in [1.54, 1.807) is 0 Å². The summed E-state index contributed by atoms with van der Waals surface area (Å²) in [7, 11) is 0. The van der Waals surface area contributed by atoms with E-state index >= 15 is 0 Å². The second-order valence-electron chi connectivity index (χ2n) is 4.80. The number of nitrogens with two attached hydrogens (primary N) is 1. The molecule has 1 aromatic carbocycles. The Morgan fingerprint density at radius 1 is 1.35 bits per heavy atom. The van der Waals surface area contributed by atoms with Gasteiger partial charge in [-0.05, 0) is 24.4 Å². The summed E-state index contributed by atoms with van der Waals surface area (Å²) in [6.45, 7) is 4.54. The molecule has 1 unspecified atom stereocenters. The Morgan fingerprint density at radius 2 is 2.05 bits per heavy atom. The van der Waals surface area contributed by atoms with Crippen molar-refractivity contribution in [2.75, 3.05) is 19.7 Å². The SMILES string of the molecule is CC(CNC(=O)CCCN)COCc1ccccc1.Cl. The molecule has 5 heteroatoms. The Hall–Kier alpha value is -1.10. The Labute approximate surface area is 127 Å². The standard InChI is InChI=1S/C15H24N2O2.ClH/c1-13(10-17-15(18)8-5-9-16)11-19-12-14-6-3-2-4-7-14;/h2-4,6-7,13H,5,8-12,16H2,1H3,(H,17,18);1H. The molecule has 0 saturated heterocycles. The van der Waals surface area contributed by atoms with Crippen molar-refractivity contribution >= 4 is 18.3 Å². The Kier molecular flexibility index (Phi) is 11.1. The van der Waals surface area contributed by atoms with Crippen molar-refractivity contribution in [2.45, 2.75) is 26.4 Å². The van der Waals surface area contributed by atoms with Crippen molar-refractivity contribution in [1.29, 1.82) is 0 Å². The van der Waals surface area contributed by atoms with Gasteiger partial charge in [-0.2, -0.15) is 0 Å².